The van der Waals surface area contributed by atoms with Crippen molar-refractivity contribution >= 4 is 43.3 Å². The van der Waals surface area contributed by atoms with E-state index in [-0.39, 0.29) is 23.8 Å². The van der Waals surface area contributed by atoms with E-state index < -0.39 is 4.92 Å². The average molecular weight is 415 g/mol. The molecular weight excluding hydrogens is 406 g/mol. The van der Waals surface area contributed by atoms with Gasteiger partial charge in [0.25, 0.3) is 5.69 Å². The fourth-order valence-electron chi connectivity index (χ4n) is 1.60. The summed E-state index contributed by atoms with van der Waals surface area (Å²) in [6.45, 7) is -0.185. The predicted molar refractivity (Wildman–Crippen MR) is 84.8 cm³/mol. The van der Waals surface area contributed by atoms with Crippen LogP contribution >= 0.6 is 31.9 Å². The summed E-state index contributed by atoms with van der Waals surface area (Å²) in [4.78, 5) is 22.2. The van der Waals surface area contributed by atoms with Crippen molar-refractivity contribution in [1.29, 1.82) is 0 Å². The third kappa shape index (κ3) is 4.37. The summed E-state index contributed by atoms with van der Waals surface area (Å²) < 4.78 is 6.72. The van der Waals surface area contributed by atoms with Crippen molar-refractivity contribution in [3.8, 4) is 5.75 Å². The summed E-state index contributed by atoms with van der Waals surface area (Å²) in [7, 11) is 0. The topological polar surface area (TPSA) is 69.4 Å². The molecule has 0 heterocycles. The lowest BCUT2D eigenvalue weighted by molar-refractivity contribution is -0.385. The standard InChI is InChI=1S/C14H9Br2NO4/c15-10-3-1-9(2-4-10)14(18)8-21-13-6-11(16)5-12(7-13)17(19)20/h1-7H,8H2. The van der Waals surface area contributed by atoms with E-state index in [1.165, 1.54) is 12.1 Å². The number of nitrogens with zero attached hydrogens (tertiary/aromatic N) is 1. The molecule has 0 radical (unpaired) electrons. The van der Waals surface area contributed by atoms with Crippen molar-refractivity contribution in [2.45, 2.75) is 0 Å². The number of nitro groups is 1. The number of benzene rings is 2. The Labute approximate surface area is 137 Å². The Kier molecular flexibility index (Phi) is 5.08. The second-order valence-corrected chi connectivity index (χ2v) is 5.95. The van der Waals surface area contributed by atoms with Gasteiger partial charge in [0.05, 0.1) is 11.0 Å². The Balaban J connectivity index is 2.07. The summed E-state index contributed by atoms with van der Waals surface area (Å²) >= 11 is 6.45. The Morgan fingerprint density at radius 2 is 1.76 bits per heavy atom. The van der Waals surface area contributed by atoms with Crippen LogP contribution in [0, 0.1) is 10.1 Å². The molecule has 2 aromatic rings. The van der Waals surface area contributed by atoms with Crippen LogP contribution < -0.4 is 4.74 Å². The van der Waals surface area contributed by atoms with Crippen LogP contribution in [0.15, 0.2) is 51.4 Å². The largest absolute Gasteiger partial charge is 0.485 e. The van der Waals surface area contributed by atoms with E-state index >= 15 is 0 Å². The number of carbonyl (C=O) groups excluding carboxylic acids is 1. The van der Waals surface area contributed by atoms with Crippen LogP contribution in [0.4, 0.5) is 5.69 Å². The van der Waals surface area contributed by atoms with Gasteiger partial charge >= 0.3 is 0 Å². The third-order valence-electron chi connectivity index (χ3n) is 2.60. The Hall–Kier alpha value is -1.73. The van der Waals surface area contributed by atoms with Gasteiger partial charge in [0.15, 0.2) is 12.4 Å². The normalized spacial score (nSPS) is 10.2. The Morgan fingerprint density at radius 3 is 2.38 bits per heavy atom. The highest BCUT2D eigenvalue weighted by atomic mass is 79.9. The van der Waals surface area contributed by atoms with Gasteiger partial charge in [-0.3, -0.25) is 14.9 Å². The lowest BCUT2D eigenvalue weighted by atomic mass is 10.1. The lowest BCUT2D eigenvalue weighted by Gasteiger charge is -2.06. The molecule has 0 aliphatic heterocycles. The molecule has 0 bridgehead atoms. The number of rotatable bonds is 5. The maximum absolute atomic E-state index is 11.9. The number of non-ortho nitro benzene ring substituents is 1. The average Bonchev–Trinajstić information content (AvgIpc) is 2.45. The molecule has 0 fully saturated rings. The molecule has 0 saturated carbocycles. The number of hydrogen-bond donors (Lipinski definition) is 0. The fraction of sp³-hybridized carbons (Fsp3) is 0.0714. The molecule has 0 atom stereocenters. The predicted octanol–water partition coefficient (Wildman–Crippen LogP) is 4.38. The summed E-state index contributed by atoms with van der Waals surface area (Å²) in [5.74, 6) is 0.0617. The molecule has 0 aliphatic rings. The van der Waals surface area contributed by atoms with Gasteiger partial charge in [-0.1, -0.05) is 44.0 Å². The maximum atomic E-state index is 11.9. The number of hydrogen-bond acceptors (Lipinski definition) is 4. The van der Waals surface area contributed by atoms with E-state index in [1.54, 1.807) is 30.3 Å². The molecule has 0 aromatic heterocycles. The van der Waals surface area contributed by atoms with Gasteiger partial charge in [0, 0.05) is 20.6 Å². The van der Waals surface area contributed by atoms with Gasteiger partial charge in [-0.2, -0.15) is 0 Å². The molecule has 5 nitrogen and oxygen atoms in total. The van der Waals surface area contributed by atoms with Crippen LogP contribution in [0.3, 0.4) is 0 Å². The van der Waals surface area contributed by atoms with Crippen LogP contribution in [0.25, 0.3) is 0 Å². The molecule has 0 unspecified atom stereocenters. The van der Waals surface area contributed by atoms with E-state index in [4.69, 9.17) is 4.74 Å². The highest BCUT2D eigenvalue weighted by Gasteiger charge is 2.11. The number of ether oxygens (including phenoxy) is 1. The van der Waals surface area contributed by atoms with Gasteiger partial charge in [0.1, 0.15) is 5.75 Å². The number of Topliss-reactive ketones (excluding diaryl/α,β-unsaturated/α-hetero) is 1. The fourth-order valence-corrected chi connectivity index (χ4v) is 2.33. The Morgan fingerprint density at radius 1 is 1.10 bits per heavy atom. The molecule has 0 amide bonds. The first-order valence-corrected chi connectivity index (χ1v) is 7.41. The minimum atomic E-state index is -0.520. The highest BCUT2D eigenvalue weighted by Crippen LogP contribution is 2.26. The van der Waals surface area contributed by atoms with E-state index in [0.717, 1.165) is 4.47 Å². The van der Waals surface area contributed by atoms with E-state index in [2.05, 4.69) is 31.9 Å². The smallest absolute Gasteiger partial charge is 0.274 e. The zero-order valence-corrected chi connectivity index (χ0v) is 13.8. The molecule has 0 saturated heterocycles. The second kappa shape index (κ2) is 6.82. The van der Waals surface area contributed by atoms with E-state index in [0.29, 0.717) is 10.0 Å². The summed E-state index contributed by atoms with van der Waals surface area (Å²) in [5, 5.41) is 10.8. The minimum absolute atomic E-state index is 0.101. The first-order chi connectivity index (χ1) is 9.95. The SMILES string of the molecule is O=C(COc1cc(Br)cc([N+](=O)[O-])c1)c1ccc(Br)cc1. The van der Waals surface area contributed by atoms with Crippen molar-refractivity contribution in [1.82, 2.24) is 0 Å². The van der Waals surface area contributed by atoms with Crippen LogP contribution in [0.5, 0.6) is 5.75 Å². The van der Waals surface area contributed by atoms with Gasteiger partial charge < -0.3 is 4.74 Å². The van der Waals surface area contributed by atoms with Gasteiger partial charge in [-0.05, 0) is 18.2 Å². The Bertz CT molecular complexity index is 686. The first kappa shape index (κ1) is 15.7. The zero-order chi connectivity index (χ0) is 15.4. The molecule has 0 aliphatic carbocycles. The van der Waals surface area contributed by atoms with Crippen LogP contribution in [-0.2, 0) is 0 Å². The molecule has 2 rings (SSSR count). The van der Waals surface area contributed by atoms with E-state index in [9.17, 15) is 14.9 Å². The van der Waals surface area contributed by atoms with Crippen LogP contribution in [-0.4, -0.2) is 17.3 Å². The summed E-state index contributed by atoms with van der Waals surface area (Å²) in [6, 6.07) is 11.1. The third-order valence-corrected chi connectivity index (χ3v) is 3.59. The van der Waals surface area contributed by atoms with Crippen LogP contribution in [0.1, 0.15) is 10.4 Å². The van der Waals surface area contributed by atoms with E-state index in [1.807, 2.05) is 0 Å². The monoisotopic (exact) mass is 413 g/mol. The molecule has 0 spiro atoms. The second-order valence-electron chi connectivity index (χ2n) is 4.12. The van der Waals surface area contributed by atoms with Gasteiger partial charge in [0.2, 0.25) is 0 Å². The van der Waals surface area contributed by atoms with Crippen molar-refractivity contribution < 1.29 is 14.5 Å². The number of ketones is 1. The molecule has 0 N–H and O–H groups in total. The van der Waals surface area contributed by atoms with Crippen molar-refractivity contribution in [3.05, 3.63) is 67.1 Å². The maximum Gasteiger partial charge on any atom is 0.274 e. The van der Waals surface area contributed by atoms with Crippen molar-refractivity contribution in [2.24, 2.45) is 0 Å². The number of nitro benzene ring substituents is 1. The number of halogens is 2. The molecule has 21 heavy (non-hydrogen) atoms. The molecule has 108 valence electrons. The molecular formula is C14H9Br2NO4. The molecule has 7 heteroatoms. The summed E-state index contributed by atoms with van der Waals surface area (Å²) in [5.41, 5.74) is 0.415. The van der Waals surface area contributed by atoms with Gasteiger partial charge in [-0.15, -0.1) is 0 Å². The quantitative estimate of drug-likeness (QED) is 0.413. The van der Waals surface area contributed by atoms with Crippen molar-refractivity contribution in [2.75, 3.05) is 6.61 Å². The number of carbonyl (C=O) groups is 1. The summed E-state index contributed by atoms with van der Waals surface area (Å²) in [6.07, 6.45) is 0. The minimum Gasteiger partial charge on any atom is -0.485 e. The molecule has 2 aromatic carbocycles. The lowest BCUT2D eigenvalue weighted by Crippen LogP contribution is -2.11. The highest BCUT2D eigenvalue weighted by molar-refractivity contribution is 9.10. The van der Waals surface area contributed by atoms with Gasteiger partial charge in [-0.25, -0.2) is 0 Å². The zero-order valence-electron chi connectivity index (χ0n) is 10.6. The van der Waals surface area contributed by atoms with Crippen molar-refractivity contribution in [3.63, 3.8) is 0 Å². The van der Waals surface area contributed by atoms with Crippen LogP contribution in [0.2, 0.25) is 0 Å². The first-order valence-electron chi connectivity index (χ1n) is 5.82.